The second-order valence-electron chi connectivity index (χ2n) is 3.68. The predicted molar refractivity (Wildman–Crippen MR) is 57.1 cm³/mol. The molecule has 84 valence electrons. The molecular weight excluding hydrogens is 195 g/mol. The number of aromatic amines is 1. The molecule has 0 saturated heterocycles. The molecule has 0 fully saturated rings. The van der Waals surface area contributed by atoms with Crippen molar-refractivity contribution in [3.63, 3.8) is 0 Å². The Kier molecular flexibility index (Phi) is 4.34. The number of amides is 1. The second-order valence-corrected chi connectivity index (χ2v) is 3.68. The molecule has 0 aliphatic heterocycles. The van der Waals surface area contributed by atoms with Gasteiger partial charge in [-0.3, -0.25) is 4.79 Å². The van der Waals surface area contributed by atoms with Gasteiger partial charge in [0.25, 0.3) is 5.91 Å². The summed E-state index contributed by atoms with van der Waals surface area (Å²) >= 11 is 0. The van der Waals surface area contributed by atoms with Gasteiger partial charge in [0.15, 0.2) is 0 Å². The Morgan fingerprint density at radius 2 is 2.20 bits per heavy atom. The highest BCUT2D eigenvalue weighted by atomic mass is 19.1. The van der Waals surface area contributed by atoms with Crippen molar-refractivity contribution in [3.8, 4) is 0 Å². The molecule has 1 heterocycles. The third-order valence-electron chi connectivity index (χ3n) is 2.39. The third kappa shape index (κ3) is 3.38. The minimum absolute atomic E-state index is 0.151. The molecule has 4 heteroatoms. The monoisotopic (exact) mass is 212 g/mol. The van der Waals surface area contributed by atoms with Crippen molar-refractivity contribution in [2.24, 2.45) is 5.73 Å². The van der Waals surface area contributed by atoms with Crippen LogP contribution in [0.1, 0.15) is 48.8 Å². The fraction of sp³-hybridized carbons (Fsp3) is 0.545. The Hall–Kier alpha value is -1.32. The van der Waals surface area contributed by atoms with Gasteiger partial charge in [0.1, 0.15) is 11.5 Å². The molecule has 0 spiro atoms. The lowest BCUT2D eigenvalue weighted by Gasteiger charge is -1.98. The topological polar surface area (TPSA) is 58.9 Å². The lowest BCUT2D eigenvalue weighted by molar-refractivity contribution is 0.0996. The Morgan fingerprint density at radius 3 is 2.73 bits per heavy atom. The number of unbranched alkanes of at least 4 members (excludes halogenated alkanes) is 3. The molecule has 1 rings (SSSR count). The largest absolute Gasteiger partial charge is 0.364 e. The van der Waals surface area contributed by atoms with E-state index in [4.69, 9.17) is 5.73 Å². The molecule has 0 aliphatic carbocycles. The number of rotatable bonds is 6. The summed E-state index contributed by atoms with van der Waals surface area (Å²) in [6.07, 6.45) is 4.97. The number of hydrogen-bond acceptors (Lipinski definition) is 1. The van der Waals surface area contributed by atoms with Crippen LogP contribution in [-0.2, 0) is 6.42 Å². The van der Waals surface area contributed by atoms with Gasteiger partial charge in [-0.2, -0.15) is 0 Å². The summed E-state index contributed by atoms with van der Waals surface area (Å²) in [5, 5.41) is 0. The van der Waals surface area contributed by atoms with Gasteiger partial charge in [-0.25, -0.2) is 4.39 Å². The number of aryl methyl sites for hydroxylation is 1. The van der Waals surface area contributed by atoms with Crippen molar-refractivity contribution in [2.45, 2.75) is 39.0 Å². The first-order chi connectivity index (χ1) is 7.15. The van der Waals surface area contributed by atoms with E-state index in [0.717, 1.165) is 31.7 Å². The van der Waals surface area contributed by atoms with E-state index in [1.54, 1.807) is 0 Å². The average Bonchev–Trinajstić information content (AvgIpc) is 2.55. The molecule has 15 heavy (non-hydrogen) atoms. The van der Waals surface area contributed by atoms with Crippen molar-refractivity contribution >= 4 is 5.91 Å². The molecule has 0 bridgehead atoms. The Balaban J connectivity index is 2.50. The highest BCUT2D eigenvalue weighted by Gasteiger charge is 2.10. The summed E-state index contributed by atoms with van der Waals surface area (Å²) in [5.74, 6) is -0.978. The molecule has 0 radical (unpaired) electrons. The molecule has 0 unspecified atom stereocenters. The lowest BCUT2D eigenvalue weighted by atomic mass is 10.1. The van der Waals surface area contributed by atoms with Crippen LogP contribution >= 0.6 is 0 Å². The normalized spacial score (nSPS) is 10.5. The van der Waals surface area contributed by atoms with Crippen LogP contribution in [0.15, 0.2) is 6.07 Å². The van der Waals surface area contributed by atoms with Gasteiger partial charge in [0, 0.05) is 6.07 Å². The second kappa shape index (κ2) is 5.53. The minimum Gasteiger partial charge on any atom is -0.364 e. The molecule has 1 aromatic heterocycles. The Labute approximate surface area is 88.9 Å². The summed E-state index contributed by atoms with van der Waals surface area (Å²) in [7, 11) is 0. The zero-order chi connectivity index (χ0) is 11.3. The van der Waals surface area contributed by atoms with Crippen molar-refractivity contribution < 1.29 is 9.18 Å². The van der Waals surface area contributed by atoms with Crippen LogP contribution in [0.25, 0.3) is 0 Å². The number of nitrogens with two attached hydrogens (primary N) is 1. The first-order valence-electron chi connectivity index (χ1n) is 5.32. The van der Waals surface area contributed by atoms with E-state index in [1.165, 1.54) is 0 Å². The van der Waals surface area contributed by atoms with Gasteiger partial charge in [-0.1, -0.05) is 26.2 Å². The van der Waals surface area contributed by atoms with Crippen LogP contribution in [0, 0.1) is 5.82 Å². The summed E-state index contributed by atoms with van der Waals surface area (Å²) in [4.78, 5) is 13.5. The van der Waals surface area contributed by atoms with E-state index < -0.39 is 5.91 Å². The molecule has 1 amide bonds. The molecular formula is C11H17FN2O. The van der Waals surface area contributed by atoms with Crippen molar-refractivity contribution in [1.29, 1.82) is 0 Å². The number of primary amides is 1. The minimum atomic E-state index is -0.617. The smallest absolute Gasteiger partial charge is 0.265 e. The number of nitrogens with one attached hydrogen (secondary N) is 1. The summed E-state index contributed by atoms with van der Waals surface area (Å²) in [6, 6.07) is 1.16. The number of hydrogen-bond donors (Lipinski definition) is 2. The maximum atomic E-state index is 13.2. The molecule has 0 aromatic carbocycles. The molecule has 0 atom stereocenters. The van der Waals surface area contributed by atoms with Crippen molar-refractivity contribution in [1.82, 2.24) is 4.98 Å². The third-order valence-corrected chi connectivity index (χ3v) is 2.39. The van der Waals surface area contributed by atoms with E-state index in [-0.39, 0.29) is 11.5 Å². The van der Waals surface area contributed by atoms with Gasteiger partial charge in [0.05, 0.1) is 5.69 Å². The standard InChI is InChI=1S/C11H17FN2O/c1-2-3-4-5-6-9-8(12)7-10(14-9)11(13)15/h7,14H,2-6H2,1H3,(H2,13,15). The van der Waals surface area contributed by atoms with Crippen LogP contribution in [0.3, 0.4) is 0 Å². The van der Waals surface area contributed by atoms with Gasteiger partial charge in [0.2, 0.25) is 0 Å². The first kappa shape index (κ1) is 11.8. The van der Waals surface area contributed by atoms with E-state index in [1.807, 2.05) is 0 Å². The molecule has 0 aliphatic rings. The summed E-state index contributed by atoms with van der Waals surface area (Å²) < 4.78 is 13.2. The van der Waals surface area contributed by atoms with Crippen LogP contribution in [0.4, 0.5) is 4.39 Å². The number of H-pyrrole nitrogens is 1. The maximum absolute atomic E-state index is 13.2. The van der Waals surface area contributed by atoms with Crippen molar-refractivity contribution in [3.05, 3.63) is 23.3 Å². The number of halogens is 1. The van der Waals surface area contributed by atoms with Crippen LogP contribution in [0.5, 0.6) is 0 Å². The average molecular weight is 212 g/mol. The van der Waals surface area contributed by atoms with E-state index in [9.17, 15) is 9.18 Å². The maximum Gasteiger partial charge on any atom is 0.265 e. The summed E-state index contributed by atoms with van der Waals surface area (Å²) in [5.41, 5.74) is 5.67. The molecule has 0 saturated carbocycles. The molecule has 1 aromatic rings. The van der Waals surface area contributed by atoms with E-state index in [2.05, 4.69) is 11.9 Å². The zero-order valence-electron chi connectivity index (χ0n) is 8.98. The predicted octanol–water partition coefficient (Wildman–Crippen LogP) is 2.38. The number of aromatic nitrogens is 1. The van der Waals surface area contributed by atoms with Crippen LogP contribution < -0.4 is 5.73 Å². The Morgan fingerprint density at radius 1 is 1.47 bits per heavy atom. The SMILES string of the molecule is CCCCCCc1[nH]c(C(N)=O)cc1F. The fourth-order valence-electron chi connectivity index (χ4n) is 1.52. The van der Waals surface area contributed by atoms with Crippen LogP contribution in [-0.4, -0.2) is 10.9 Å². The van der Waals surface area contributed by atoms with Crippen LogP contribution in [0.2, 0.25) is 0 Å². The Bertz CT molecular complexity index is 333. The molecule has 3 N–H and O–H groups in total. The lowest BCUT2D eigenvalue weighted by Crippen LogP contribution is -2.11. The number of carbonyl (C=O) groups is 1. The van der Waals surface area contributed by atoms with Gasteiger partial charge < -0.3 is 10.7 Å². The quantitative estimate of drug-likeness (QED) is 0.699. The number of carbonyl (C=O) groups excluding carboxylic acids is 1. The highest BCUT2D eigenvalue weighted by molar-refractivity contribution is 5.91. The van der Waals surface area contributed by atoms with E-state index >= 15 is 0 Å². The first-order valence-corrected chi connectivity index (χ1v) is 5.32. The van der Waals surface area contributed by atoms with Gasteiger partial charge in [-0.15, -0.1) is 0 Å². The summed E-state index contributed by atoms with van der Waals surface area (Å²) in [6.45, 7) is 2.13. The zero-order valence-corrected chi connectivity index (χ0v) is 8.98. The van der Waals surface area contributed by atoms with E-state index in [0.29, 0.717) is 12.1 Å². The van der Waals surface area contributed by atoms with Gasteiger partial charge >= 0.3 is 0 Å². The highest BCUT2D eigenvalue weighted by Crippen LogP contribution is 2.12. The van der Waals surface area contributed by atoms with Crippen molar-refractivity contribution in [2.75, 3.05) is 0 Å². The van der Waals surface area contributed by atoms with Gasteiger partial charge in [-0.05, 0) is 12.8 Å². The fourth-order valence-corrected chi connectivity index (χ4v) is 1.52. The molecule has 3 nitrogen and oxygen atoms in total.